The molecule has 0 unspecified atom stereocenters. The Morgan fingerprint density at radius 3 is 3.06 bits per heavy atom. The number of carbonyl (C=O) groups excluding carboxylic acids is 1. The average Bonchev–Trinajstić information content (AvgIpc) is 3.05. The fraction of sp³-hybridized carbons (Fsp3) is 0.385. The molecule has 0 spiro atoms. The Hall–Kier alpha value is -2.04. The Kier molecular flexibility index (Phi) is 4.58. The van der Waals surface area contributed by atoms with Gasteiger partial charge in [0.25, 0.3) is 5.91 Å². The summed E-state index contributed by atoms with van der Waals surface area (Å²) >= 11 is 0. The second kappa shape index (κ2) is 6.64. The molecule has 0 atom stereocenters. The molecule has 0 saturated carbocycles. The van der Waals surface area contributed by atoms with E-state index in [1.807, 2.05) is 18.6 Å². The molecule has 0 radical (unpaired) electrons. The molecule has 2 aromatic rings. The zero-order valence-corrected chi connectivity index (χ0v) is 10.3. The SMILES string of the molecule is O=C(NCCCCCn1ccnc1)c1ccc[nH]1. The van der Waals surface area contributed by atoms with Gasteiger partial charge in [-0.3, -0.25) is 4.79 Å². The van der Waals surface area contributed by atoms with Crippen LogP contribution in [0.25, 0.3) is 0 Å². The summed E-state index contributed by atoms with van der Waals surface area (Å²) in [5, 5.41) is 2.89. The van der Waals surface area contributed by atoms with E-state index in [1.54, 1.807) is 18.5 Å². The van der Waals surface area contributed by atoms with Gasteiger partial charge in [-0.2, -0.15) is 0 Å². The fourth-order valence-electron chi connectivity index (χ4n) is 1.78. The number of nitrogens with one attached hydrogen (secondary N) is 2. The standard InChI is InChI=1S/C13H18N4O/c18-13(12-5-4-7-15-12)16-6-2-1-3-9-17-10-8-14-11-17/h4-5,7-8,10-11,15H,1-3,6,9H2,(H,16,18). The number of carbonyl (C=O) groups is 1. The minimum Gasteiger partial charge on any atom is -0.357 e. The molecular formula is C13H18N4O. The van der Waals surface area contributed by atoms with Crippen LogP contribution >= 0.6 is 0 Å². The molecule has 0 aliphatic heterocycles. The number of imidazole rings is 1. The largest absolute Gasteiger partial charge is 0.357 e. The minimum absolute atomic E-state index is 0.0328. The van der Waals surface area contributed by atoms with Gasteiger partial charge in [0.15, 0.2) is 0 Å². The Morgan fingerprint density at radius 2 is 2.33 bits per heavy atom. The summed E-state index contributed by atoms with van der Waals surface area (Å²) in [6.45, 7) is 1.71. The number of aryl methyl sites for hydroxylation is 1. The molecule has 5 heteroatoms. The van der Waals surface area contributed by atoms with E-state index in [9.17, 15) is 4.79 Å². The normalized spacial score (nSPS) is 10.4. The predicted molar refractivity (Wildman–Crippen MR) is 69.2 cm³/mol. The van der Waals surface area contributed by atoms with Crippen LogP contribution in [0, 0.1) is 0 Å². The molecule has 1 amide bonds. The number of unbranched alkanes of at least 4 members (excludes halogenated alkanes) is 2. The van der Waals surface area contributed by atoms with Crippen LogP contribution in [-0.4, -0.2) is 27.0 Å². The van der Waals surface area contributed by atoms with Crippen LogP contribution in [-0.2, 0) is 6.54 Å². The zero-order valence-electron chi connectivity index (χ0n) is 10.3. The highest BCUT2D eigenvalue weighted by atomic mass is 16.1. The first-order valence-electron chi connectivity index (χ1n) is 6.23. The summed E-state index contributed by atoms with van der Waals surface area (Å²) in [7, 11) is 0. The lowest BCUT2D eigenvalue weighted by Gasteiger charge is -2.04. The highest BCUT2D eigenvalue weighted by molar-refractivity contribution is 5.92. The number of amides is 1. The van der Waals surface area contributed by atoms with Crippen LogP contribution in [0.1, 0.15) is 29.8 Å². The highest BCUT2D eigenvalue weighted by Crippen LogP contribution is 1.99. The van der Waals surface area contributed by atoms with Crippen molar-refractivity contribution in [1.82, 2.24) is 19.9 Å². The van der Waals surface area contributed by atoms with Crippen molar-refractivity contribution in [1.29, 1.82) is 0 Å². The quantitative estimate of drug-likeness (QED) is 0.732. The number of rotatable bonds is 7. The van der Waals surface area contributed by atoms with Gasteiger partial charge in [0.2, 0.25) is 0 Å². The second-order valence-electron chi connectivity index (χ2n) is 4.20. The van der Waals surface area contributed by atoms with Gasteiger partial charge in [-0.25, -0.2) is 4.98 Å². The summed E-state index contributed by atoms with van der Waals surface area (Å²) < 4.78 is 2.07. The third-order valence-corrected chi connectivity index (χ3v) is 2.78. The lowest BCUT2D eigenvalue weighted by Crippen LogP contribution is -2.24. The molecule has 0 aliphatic carbocycles. The first-order chi connectivity index (χ1) is 8.86. The third-order valence-electron chi connectivity index (χ3n) is 2.78. The van der Waals surface area contributed by atoms with Gasteiger partial charge in [-0.15, -0.1) is 0 Å². The third kappa shape index (κ3) is 3.76. The van der Waals surface area contributed by atoms with Crippen LogP contribution in [0.15, 0.2) is 37.1 Å². The molecule has 96 valence electrons. The fourth-order valence-corrected chi connectivity index (χ4v) is 1.78. The Morgan fingerprint density at radius 1 is 1.39 bits per heavy atom. The first kappa shape index (κ1) is 12.4. The Bertz CT molecular complexity index is 447. The van der Waals surface area contributed by atoms with E-state index in [2.05, 4.69) is 19.9 Å². The lowest BCUT2D eigenvalue weighted by molar-refractivity contribution is 0.0948. The van der Waals surface area contributed by atoms with Crippen molar-refractivity contribution in [2.45, 2.75) is 25.8 Å². The second-order valence-corrected chi connectivity index (χ2v) is 4.20. The maximum Gasteiger partial charge on any atom is 0.267 e. The van der Waals surface area contributed by atoms with Gasteiger partial charge in [0, 0.05) is 31.7 Å². The minimum atomic E-state index is -0.0328. The molecule has 2 heterocycles. The number of aromatic nitrogens is 3. The van der Waals surface area contributed by atoms with Crippen LogP contribution in [0.4, 0.5) is 0 Å². The number of H-pyrrole nitrogens is 1. The molecule has 0 aliphatic rings. The van der Waals surface area contributed by atoms with Crippen molar-refractivity contribution < 1.29 is 4.79 Å². The Balaban J connectivity index is 1.52. The van der Waals surface area contributed by atoms with Gasteiger partial charge < -0.3 is 14.9 Å². The summed E-state index contributed by atoms with van der Waals surface area (Å²) in [5.41, 5.74) is 0.619. The molecule has 2 aromatic heterocycles. The number of nitrogens with zero attached hydrogens (tertiary/aromatic N) is 2. The smallest absolute Gasteiger partial charge is 0.267 e. The van der Waals surface area contributed by atoms with E-state index in [-0.39, 0.29) is 5.91 Å². The summed E-state index contributed by atoms with van der Waals surface area (Å²) in [6.07, 6.45) is 10.5. The topological polar surface area (TPSA) is 62.7 Å². The molecular weight excluding hydrogens is 228 g/mol. The van der Waals surface area contributed by atoms with Gasteiger partial charge in [-0.05, 0) is 31.4 Å². The average molecular weight is 246 g/mol. The lowest BCUT2D eigenvalue weighted by atomic mass is 10.2. The monoisotopic (exact) mass is 246 g/mol. The van der Waals surface area contributed by atoms with Crippen molar-refractivity contribution in [2.24, 2.45) is 0 Å². The van der Waals surface area contributed by atoms with Crippen LogP contribution in [0.3, 0.4) is 0 Å². The van der Waals surface area contributed by atoms with E-state index < -0.39 is 0 Å². The predicted octanol–water partition coefficient (Wildman–Crippen LogP) is 1.81. The molecule has 0 fully saturated rings. The van der Waals surface area contributed by atoms with E-state index in [0.717, 1.165) is 32.4 Å². The van der Waals surface area contributed by atoms with E-state index >= 15 is 0 Å². The molecule has 18 heavy (non-hydrogen) atoms. The summed E-state index contributed by atoms with van der Waals surface area (Å²) in [6, 6.07) is 3.59. The van der Waals surface area contributed by atoms with Crippen molar-refractivity contribution >= 4 is 5.91 Å². The summed E-state index contributed by atoms with van der Waals surface area (Å²) in [5.74, 6) is -0.0328. The van der Waals surface area contributed by atoms with Gasteiger partial charge in [-0.1, -0.05) is 0 Å². The number of hydrogen-bond donors (Lipinski definition) is 2. The molecule has 5 nitrogen and oxygen atoms in total. The van der Waals surface area contributed by atoms with Gasteiger partial charge in [0.05, 0.1) is 6.33 Å². The van der Waals surface area contributed by atoms with Crippen molar-refractivity contribution in [3.8, 4) is 0 Å². The molecule has 2 N–H and O–H groups in total. The van der Waals surface area contributed by atoms with Crippen LogP contribution < -0.4 is 5.32 Å². The number of aromatic amines is 1. The maximum atomic E-state index is 11.6. The van der Waals surface area contributed by atoms with Crippen molar-refractivity contribution in [3.05, 3.63) is 42.7 Å². The molecule has 0 saturated heterocycles. The van der Waals surface area contributed by atoms with Crippen molar-refractivity contribution in [2.75, 3.05) is 6.54 Å². The number of hydrogen-bond acceptors (Lipinski definition) is 2. The first-order valence-corrected chi connectivity index (χ1v) is 6.23. The Labute approximate surface area is 106 Å². The molecule has 0 bridgehead atoms. The van der Waals surface area contributed by atoms with E-state index in [0.29, 0.717) is 5.69 Å². The summed E-state index contributed by atoms with van der Waals surface area (Å²) in [4.78, 5) is 18.4. The van der Waals surface area contributed by atoms with Gasteiger partial charge >= 0.3 is 0 Å². The van der Waals surface area contributed by atoms with E-state index in [4.69, 9.17) is 0 Å². The maximum absolute atomic E-state index is 11.6. The van der Waals surface area contributed by atoms with Crippen LogP contribution in [0.5, 0.6) is 0 Å². The van der Waals surface area contributed by atoms with Crippen LogP contribution in [0.2, 0.25) is 0 Å². The zero-order chi connectivity index (χ0) is 12.6. The van der Waals surface area contributed by atoms with E-state index in [1.165, 1.54) is 0 Å². The molecule has 0 aromatic carbocycles. The molecule has 2 rings (SSSR count). The highest BCUT2D eigenvalue weighted by Gasteiger charge is 2.03. The van der Waals surface area contributed by atoms with Gasteiger partial charge in [0.1, 0.15) is 5.69 Å². The van der Waals surface area contributed by atoms with Crippen molar-refractivity contribution in [3.63, 3.8) is 0 Å².